The SMILES string of the molecule is COc1cncc(N2C[C@H]3C[C@@H]2CCN3)c1. The molecule has 2 aliphatic heterocycles. The highest BCUT2D eigenvalue weighted by Gasteiger charge is 2.35. The van der Waals surface area contributed by atoms with Crippen LogP contribution >= 0.6 is 0 Å². The van der Waals surface area contributed by atoms with Gasteiger partial charge >= 0.3 is 0 Å². The molecule has 2 bridgehead atoms. The fraction of sp³-hybridized carbons (Fsp3) is 0.583. The minimum Gasteiger partial charge on any atom is -0.495 e. The van der Waals surface area contributed by atoms with Crippen molar-refractivity contribution in [3.8, 4) is 5.75 Å². The van der Waals surface area contributed by atoms with Crippen molar-refractivity contribution in [3.05, 3.63) is 18.5 Å². The van der Waals surface area contributed by atoms with Gasteiger partial charge in [0.2, 0.25) is 0 Å². The molecule has 2 atom stereocenters. The number of fused-ring (bicyclic) bond motifs is 2. The first-order valence-electron chi connectivity index (χ1n) is 5.86. The van der Waals surface area contributed by atoms with Gasteiger partial charge in [0.15, 0.2) is 0 Å². The van der Waals surface area contributed by atoms with Gasteiger partial charge in [-0.1, -0.05) is 0 Å². The summed E-state index contributed by atoms with van der Waals surface area (Å²) in [6.07, 6.45) is 6.18. The number of nitrogens with zero attached hydrogens (tertiary/aromatic N) is 2. The van der Waals surface area contributed by atoms with Gasteiger partial charge in [-0.3, -0.25) is 4.98 Å². The predicted octanol–water partition coefficient (Wildman–Crippen LogP) is 1.03. The zero-order valence-corrected chi connectivity index (χ0v) is 9.52. The number of rotatable bonds is 2. The van der Waals surface area contributed by atoms with Crippen LogP contribution in [0.1, 0.15) is 12.8 Å². The Hall–Kier alpha value is -1.29. The van der Waals surface area contributed by atoms with Crippen molar-refractivity contribution in [1.29, 1.82) is 0 Å². The molecule has 2 saturated heterocycles. The Morgan fingerprint density at radius 1 is 1.50 bits per heavy atom. The fourth-order valence-electron chi connectivity index (χ4n) is 2.78. The molecule has 1 aromatic heterocycles. The van der Waals surface area contributed by atoms with Crippen LogP contribution in [0, 0.1) is 0 Å². The summed E-state index contributed by atoms with van der Waals surface area (Å²) in [7, 11) is 1.69. The Balaban J connectivity index is 1.86. The van der Waals surface area contributed by atoms with Crippen LogP contribution in [0.25, 0.3) is 0 Å². The topological polar surface area (TPSA) is 37.4 Å². The van der Waals surface area contributed by atoms with Crippen LogP contribution in [-0.2, 0) is 0 Å². The first-order valence-corrected chi connectivity index (χ1v) is 5.86. The maximum atomic E-state index is 5.22. The van der Waals surface area contributed by atoms with Crippen LogP contribution in [-0.4, -0.2) is 37.3 Å². The molecule has 1 aromatic rings. The predicted molar refractivity (Wildman–Crippen MR) is 62.9 cm³/mol. The first-order chi connectivity index (χ1) is 7.86. The number of ether oxygens (including phenoxy) is 1. The third-order valence-corrected chi connectivity index (χ3v) is 3.59. The van der Waals surface area contributed by atoms with Crippen molar-refractivity contribution >= 4 is 5.69 Å². The highest BCUT2D eigenvalue weighted by atomic mass is 16.5. The van der Waals surface area contributed by atoms with Gasteiger partial charge in [-0.25, -0.2) is 0 Å². The quantitative estimate of drug-likeness (QED) is 0.806. The van der Waals surface area contributed by atoms with Gasteiger partial charge in [0.1, 0.15) is 5.75 Å². The molecule has 0 radical (unpaired) electrons. The fourth-order valence-corrected chi connectivity index (χ4v) is 2.78. The van der Waals surface area contributed by atoms with Gasteiger partial charge in [0.05, 0.1) is 25.2 Å². The maximum absolute atomic E-state index is 5.22. The summed E-state index contributed by atoms with van der Waals surface area (Å²) in [5.41, 5.74) is 1.19. The molecule has 0 aromatic carbocycles. The van der Waals surface area contributed by atoms with Gasteiger partial charge in [-0.05, 0) is 19.4 Å². The van der Waals surface area contributed by atoms with Crippen molar-refractivity contribution < 1.29 is 4.74 Å². The number of hydrogen-bond acceptors (Lipinski definition) is 4. The molecular formula is C12H17N3O. The number of aromatic nitrogens is 1. The number of pyridine rings is 1. The normalized spacial score (nSPS) is 28.2. The Morgan fingerprint density at radius 3 is 3.25 bits per heavy atom. The van der Waals surface area contributed by atoms with E-state index in [2.05, 4.69) is 21.3 Å². The molecule has 2 fully saturated rings. The molecule has 16 heavy (non-hydrogen) atoms. The highest BCUT2D eigenvalue weighted by molar-refractivity contribution is 5.50. The highest BCUT2D eigenvalue weighted by Crippen LogP contribution is 2.30. The molecule has 3 rings (SSSR count). The van der Waals surface area contributed by atoms with E-state index in [9.17, 15) is 0 Å². The summed E-state index contributed by atoms with van der Waals surface area (Å²) in [6.45, 7) is 2.24. The summed E-state index contributed by atoms with van der Waals surface area (Å²) in [4.78, 5) is 6.69. The van der Waals surface area contributed by atoms with Gasteiger partial charge in [-0.2, -0.15) is 0 Å². The number of nitrogens with one attached hydrogen (secondary N) is 1. The molecule has 0 amide bonds. The van der Waals surface area contributed by atoms with Crippen molar-refractivity contribution in [1.82, 2.24) is 10.3 Å². The van der Waals surface area contributed by atoms with Crippen LogP contribution in [0.3, 0.4) is 0 Å². The van der Waals surface area contributed by atoms with Gasteiger partial charge in [-0.15, -0.1) is 0 Å². The second-order valence-electron chi connectivity index (χ2n) is 4.56. The molecule has 0 aliphatic carbocycles. The first kappa shape index (κ1) is 9.90. The van der Waals surface area contributed by atoms with Gasteiger partial charge in [0, 0.05) is 24.7 Å². The number of piperidine rings is 1. The van der Waals surface area contributed by atoms with E-state index >= 15 is 0 Å². The number of methoxy groups -OCH3 is 1. The molecule has 2 aliphatic rings. The minimum atomic E-state index is 0.657. The lowest BCUT2D eigenvalue weighted by Gasteiger charge is -2.26. The average molecular weight is 219 g/mol. The third-order valence-electron chi connectivity index (χ3n) is 3.59. The van der Waals surface area contributed by atoms with Crippen LogP contribution in [0.2, 0.25) is 0 Å². The summed E-state index contributed by atoms with van der Waals surface area (Å²) < 4.78 is 5.22. The standard InChI is InChI=1S/C12H17N3O/c1-16-12-5-11(6-13-7-12)15-8-9-4-10(15)2-3-14-9/h5-7,9-10,14H,2-4,8H2,1H3/t9-,10+/m1/s1. The second-order valence-corrected chi connectivity index (χ2v) is 4.56. The lowest BCUT2D eigenvalue weighted by Crippen LogP contribution is -2.35. The minimum absolute atomic E-state index is 0.657. The van der Waals surface area contributed by atoms with Crippen molar-refractivity contribution in [2.75, 3.05) is 25.1 Å². The summed E-state index contributed by atoms with van der Waals surface area (Å²) in [6, 6.07) is 3.42. The van der Waals surface area contributed by atoms with Gasteiger partial charge in [0.25, 0.3) is 0 Å². The van der Waals surface area contributed by atoms with Crippen molar-refractivity contribution in [2.24, 2.45) is 0 Å². The molecule has 3 heterocycles. The zero-order valence-electron chi connectivity index (χ0n) is 9.52. The molecule has 4 nitrogen and oxygen atoms in total. The Morgan fingerprint density at radius 2 is 2.44 bits per heavy atom. The summed E-state index contributed by atoms with van der Waals surface area (Å²) in [5.74, 6) is 0.840. The molecule has 0 unspecified atom stereocenters. The van der Waals surface area contributed by atoms with E-state index in [0.29, 0.717) is 12.1 Å². The van der Waals surface area contributed by atoms with E-state index in [4.69, 9.17) is 4.74 Å². The van der Waals surface area contributed by atoms with Crippen LogP contribution < -0.4 is 15.0 Å². The monoisotopic (exact) mass is 219 g/mol. The number of hydrogen-bond donors (Lipinski definition) is 1. The Labute approximate surface area is 95.6 Å². The Bertz CT molecular complexity index is 382. The van der Waals surface area contributed by atoms with E-state index in [-0.39, 0.29) is 0 Å². The third kappa shape index (κ3) is 1.63. The molecule has 0 saturated carbocycles. The average Bonchev–Trinajstić information content (AvgIpc) is 2.64. The Kier molecular flexibility index (Phi) is 2.44. The smallest absolute Gasteiger partial charge is 0.139 e. The molecule has 0 spiro atoms. The van der Waals surface area contributed by atoms with E-state index in [1.165, 1.54) is 18.5 Å². The van der Waals surface area contributed by atoms with E-state index in [0.717, 1.165) is 18.8 Å². The maximum Gasteiger partial charge on any atom is 0.139 e. The van der Waals surface area contributed by atoms with E-state index in [1.807, 2.05) is 6.20 Å². The van der Waals surface area contributed by atoms with Crippen LogP contribution in [0.5, 0.6) is 5.75 Å². The summed E-state index contributed by atoms with van der Waals surface area (Å²) >= 11 is 0. The lowest BCUT2D eigenvalue weighted by atomic mass is 10.1. The van der Waals surface area contributed by atoms with E-state index in [1.54, 1.807) is 13.3 Å². The van der Waals surface area contributed by atoms with Crippen molar-refractivity contribution in [2.45, 2.75) is 24.9 Å². The number of anilines is 1. The molecule has 1 N–H and O–H groups in total. The largest absolute Gasteiger partial charge is 0.495 e. The van der Waals surface area contributed by atoms with Crippen molar-refractivity contribution in [3.63, 3.8) is 0 Å². The molecule has 86 valence electrons. The summed E-state index contributed by atoms with van der Waals surface area (Å²) in [5, 5.41) is 3.55. The zero-order chi connectivity index (χ0) is 11.0. The van der Waals surface area contributed by atoms with Crippen LogP contribution in [0.15, 0.2) is 18.5 Å². The lowest BCUT2D eigenvalue weighted by molar-refractivity contribution is 0.412. The van der Waals surface area contributed by atoms with Crippen LogP contribution in [0.4, 0.5) is 5.69 Å². The van der Waals surface area contributed by atoms with E-state index < -0.39 is 0 Å². The second kappa shape index (κ2) is 3.94. The van der Waals surface area contributed by atoms with Gasteiger partial charge < -0.3 is 15.0 Å². The molecular weight excluding hydrogens is 202 g/mol. The molecule has 4 heteroatoms.